The van der Waals surface area contributed by atoms with Crippen molar-refractivity contribution < 1.29 is 9.47 Å². The Morgan fingerprint density at radius 1 is 1.42 bits per heavy atom. The van der Waals surface area contributed by atoms with E-state index in [1.165, 1.54) is 4.88 Å². The molecular formula is C13H23N3O2S. The summed E-state index contributed by atoms with van der Waals surface area (Å²) in [7, 11) is 5.67. The Balaban J connectivity index is 1.84. The van der Waals surface area contributed by atoms with Gasteiger partial charge in [-0.05, 0) is 25.3 Å². The highest BCUT2D eigenvalue weighted by atomic mass is 32.1. The van der Waals surface area contributed by atoms with Gasteiger partial charge in [0, 0.05) is 33.9 Å². The summed E-state index contributed by atoms with van der Waals surface area (Å²) in [6, 6.07) is 0. The molecule has 1 aromatic rings. The van der Waals surface area contributed by atoms with Crippen molar-refractivity contribution in [1.82, 2.24) is 10.3 Å². The van der Waals surface area contributed by atoms with Crippen molar-refractivity contribution in [2.45, 2.75) is 19.4 Å². The Hall–Kier alpha value is -0.850. The molecule has 1 aliphatic heterocycles. The van der Waals surface area contributed by atoms with Gasteiger partial charge >= 0.3 is 0 Å². The molecule has 19 heavy (non-hydrogen) atoms. The van der Waals surface area contributed by atoms with Crippen LogP contribution in [0, 0.1) is 5.92 Å². The molecule has 1 aliphatic rings. The van der Waals surface area contributed by atoms with Crippen molar-refractivity contribution in [2.24, 2.45) is 5.92 Å². The molecule has 0 bridgehead atoms. The van der Waals surface area contributed by atoms with Crippen molar-refractivity contribution in [1.29, 1.82) is 0 Å². The first-order valence-corrected chi connectivity index (χ1v) is 7.52. The molecule has 1 aromatic heterocycles. The standard InChI is InChI=1S/C13H23N3O2S/c1-16(2)13-15-12(17-3)11(19-13)9-14-8-10-4-6-18-7-5-10/h10,14H,4-9H2,1-3H3. The fraction of sp³-hybridized carbons (Fsp3) is 0.769. The van der Waals surface area contributed by atoms with Crippen molar-refractivity contribution in [2.75, 3.05) is 45.9 Å². The SMILES string of the molecule is COc1nc(N(C)C)sc1CNCC1CCOCC1. The lowest BCUT2D eigenvalue weighted by molar-refractivity contribution is 0.0662. The van der Waals surface area contributed by atoms with Gasteiger partial charge in [-0.15, -0.1) is 0 Å². The molecule has 0 amide bonds. The first-order chi connectivity index (χ1) is 9.20. The molecule has 0 atom stereocenters. The summed E-state index contributed by atoms with van der Waals surface area (Å²) in [5, 5.41) is 4.50. The molecule has 2 heterocycles. The lowest BCUT2D eigenvalue weighted by atomic mass is 10.0. The number of ether oxygens (including phenoxy) is 2. The van der Waals surface area contributed by atoms with Gasteiger partial charge < -0.3 is 19.7 Å². The zero-order chi connectivity index (χ0) is 13.7. The second kappa shape index (κ2) is 7.07. The van der Waals surface area contributed by atoms with Crippen LogP contribution in [-0.2, 0) is 11.3 Å². The van der Waals surface area contributed by atoms with E-state index < -0.39 is 0 Å². The molecule has 1 N–H and O–H groups in total. The van der Waals surface area contributed by atoms with Gasteiger partial charge in [0.05, 0.1) is 12.0 Å². The lowest BCUT2D eigenvalue weighted by Crippen LogP contribution is -2.27. The molecule has 0 spiro atoms. The maximum absolute atomic E-state index is 5.37. The van der Waals surface area contributed by atoms with Gasteiger partial charge in [0.25, 0.3) is 0 Å². The summed E-state index contributed by atoms with van der Waals surface area (Å²) in [4.78, 5) is 7.63. The van der Waals surface area contributed by atoms with Gasteiger partial charge in [-0.2, -0.15) is 4.98 Å². The van der Waals surface area contributed by atoms with Crippen LogP contribution in [-0.4, -0.2) is 45.9 Å². The van der Waals surface area contributed by atoms with E-state index in [9.17, 15) is 0 Å². The van der Waals surface area contributed by atoms with Gasteiger partial charge in [-0.3, -0.25) is 0 Å². The van der Waals surface area contributed by atoms with Gasteiger partial charge in [0.2, 0.25) is 5.88 Å². The third-order valence-corrected chi connectivity index (χ3v) is 4.49. The van der Waals surface area contributed by atoms with Crippen LogP contribution in [0.5, 0.6) is 5.88 Å². The summed E-state index contributed by atoms with van der Waals surface area (Å²) in [6.07, 6.45) is 2.32. The van der Waals surface area contributed by atoms with Crippen LogP contribution in [0.15, 0.2) is 0 Å². The number of nitrogens with one attached hydrogen (secondary N) is 1. The van der Waals surface area contributed by atoms with E-state index in [0.29, 0.717) is 0 Å². The second-order valence-corrected chi connectivity index (χ2v) is 6.07. The maximum Gasteiger partial charge on any atom is 0.230 e. The minimum Gasteiger partial charge on any atom is -0.480 e. The second-order valence-electron chi connectivity index (χ2n) is 5.01. The number of thiazole rings is 1. The fourth-order valence-corrected chi connectivity index (χ4v) is 3.05. The van der Waals surface area contributed by atoms with E-state index in [2.05, 4.69) is 10.3 Å². The average Bonchev–Trinajstić information content (AvgIpc) is 2.83. The van der Waals surface area contributed by atoms with Gasteiger partial charge in [-0.25, -0.2) is 0 Å². The number of rotatable bonds is 6. The van der Waals surface area contributed by atoms with Gasteiger partial charge in [0.1, 0.15) is 0 Å². The molecule has 1 fully saturated rings. The van der Waals surface area contributed by atoms with Gasteiger partial charge in [-0.1, -0.05) is 11.3 Å². The topological polar surface area (TPSA) is 46.6 Å². The van der Waals surface area contributed by atoms with Crippen molar-refractivity contribution in [3.63, 3.8) is 0 Å². The van der Waals surface area contributed by atoms with Crippen molar-refractivity contribution >= 4 is 16.5 Å². The van der Waals surface area contributed by atoms with E-state index in [4.69, 9.17) is 9.47 Å². The Labute approximate surface area is 118 Å². The Bertz CT molecular complexity index is 389. The minimum atomic E-state index is 0.737. The lowest BCUT2D eigenvalue weighted by Gasteiger charge is -2.22. The van der Waals surface area contributed by atoms with Crippen LogP contribution in [0.4, 0.5) is 5.13 Å². The summed E-state index contributed by atoms with van der Waals surface area (Å²) < 4.78 is 10.7. The molecule has 1 saturated heterocycles. The molecule has 0 saturated carbocycles. The minimum absolute atomic E-state index is 0.737. The number of aromatic nitrogens is 1. The maximum atomic E-state index is 5.37. The van der Waals surface area contributed by atoms with E-state index in [1.54, 1.807) is 18.4 Å². The Morgan fingerprint density at radius 3 is 2.79 bits per heavy atom. The third-order valence-electron chi connectivity index (χ3n) is 3.29. The Kier molecular flexibility index (Phi) is 5.42. The molecule has 0 aromatic carbocycles. The van der Waals surface area contributed by atoms with Crippen LogP contribution in [0.1, 0.15) is 17.7 Å². The predicted molar refractivity (Wildman–Crippen MR) is 78.2 cm³/mol. The van der Waals surface area contributed by atoms with Crippen LogP contribution in [0.2, 0.25) is 0 Å². The molecule has 5 nitrogen and oxygen atoms in total. The molecule has 2 rings (SSSR count). The third kappa shape index (κ3) is 4.06. The Morgan fingerprint density at radius 2 is 2.16 bits per heavy atom. The summed E-state index contributed by atoms with van der Waals surface area (Å²) in [5.41, 5.74) is 0. The number of hydrogen-bond donors (Lipinski definition) is 1. The zero-order valence-corrected chi connectivity index (χ0v) is 12.8. The molecule has 108 valence electrons. The van der Waals surface area contributed by atoms with Crippen LogP contribution in [0.25, 0.3) is 0 Å². The monoisotopic (exact) mass is 285 g/mol. The fourth-order valence-electron chi connectivity index (χ4n) is 2.13. The van der Waals surface area contributed by atoms with Crippen LogP contribution >= 0.6 is 11.3 Å². The zero-order valence-electron chi connectivity index (χ0n) is 11.9. The quantitative estimate of drug-likeness (QED) is 0.862. The van der Waals surface area contributed by atoms with Gasteiger partial charge in [0.15, 0.2) is 5.13 Å². The van der Waals surface area contributed by atoms with Crippen LogP contribution in [0.3, 0.4) is 0 Å². The van der Waals surface area contributed by atoms with E-state index in [1.807, 2.05) is 19.0 Å². The summed E-state index contributed by atoms with van der Waals surface area (Å²) >= 11 is 1.68. The first kappa shape index (κ1) is 14.6. The highest BCUT2D eigenvalue weighted by molar-refractivity contribution is 7.15. The number of methoxy groups -OCH3 is 1. The largest absolute Gasteiger partial charge is 0.480 e. The molecule has 0 radical (unpaired) electrons. The smallest absolute Gasteiger partial charge is 0.230 e. The normalized spacial score (nSPS) is 16.6. The summed E-state index contributed by atoms with van der Waals surface area (Å²) in [6.45, 7) is 3.68. The predicted octanol–water partition coefficient (Wildman–Crippen LogP) is 1.73. The average molecular weight is 285 g/mol. The summed E-state index contributed by atoms with van der Waals surface area (Å²) in [5.74, 6) is 1.48. The van der Waals surface area contributed by atoms with E-state index in [-0.39, 0.29) is 0 Å². The molecule has 6 heteroatoms. The van der Waals surface area contributed by atoms with E-state index in [0.717, 1.165) is 56.1 Å². The highest BCUT2D eigenvalue weighted by Gasteiger charge is 2.15. The van der Waals surface area contributed by atoms with Crippen molar-refractivity contribution in [3.05, 3.63) is 4.88 Å². The molecular weight excluding hydrogens is 262 g/mol. The number of anilines is 1. The molecule has 0 unspecified atom stereocenters. The number of hydrogen-bond acceptors (Lipinski definition) is 6. The first-order valence-electron chi connectivity index (χ1n) is 6.70. The number of nitrogens with zero attached hydrogens (tertiary/aromatic N) is 2. The van der Waals surface area contributed by atoms with E-state index >= 15 is 0 Å². The van der Waals surface area contributed by atoms with Crippen molar-refractivity contribution in [3.8, 4) is 5.88 Å². The van der Waals surface area contributed by atoms with Crippen LogP contribution < -0.4 is 15.0 Å². The highest BCUT2D eigenvalue weighted by Crippen LogP contribution is 2.30. The molecule has 0 aliphatic carbocycles.